The second-order valence-corrected chi connectivity index (χ2v) is 5.63. The first kappa shape index (κ1) is 9.47. The molecule has 13 heavy (non-hydrogen) atoms. The van der Waals surface area contributed by atoms with Gasteiger partial charge in [0.05, 0.1) is 0 Å². The maximum absolute atomic E-state index is 6.46. The summed E-state index contributed by atoms with van der Waals surface area (Å²) in [6.07, 6.45) is 7.16. The molecule has 4 saturated carbocycles. The predicted octanol–water partition coefficient (Wildman–Crippen LogP) is 1.34. The van der Waals surface area contributed by atoms with Crippen LogP contribution in [0.25, 0.3) is 0 Å². The van der Waals surface area contributed by atoms with Gasteiger partial charge in [0.2, 0.25) is 0 Å². The van der Waals surface area contributed by atoms with Gasteiger partial charge in [-0.05, 0) is 55.8 Å². The Hall–Kier alpha value is -0.0800. The standard InChI is InChI=1S/C11H19N.H2O/c1-7-10-3-8-2-9(4-10)6-11(7,12)5-8;/h7-10H,2-6,12H2,1H3;1H2. The molecule has 0 heterocycles. The molecule has 0 aromatic rings. The molecule has 2 nitrogen and oxygen atoms in total. The van der Waals surface area contributed by atoms with Crippen LogP contribution in [0.1, 0.15) is 39.0 Å². The minimum atomic E-state index is 0. The molecule has 76 valence electrons. The molecule has 3 unspecified atom stereocenters. The van der Waals surface area contributed by atoms with Gasteiger partial charge in [0.15, 0.2) is 0 Å². The Bertz CT molecular complexity index is 202. The van der Waals surface area contributed by atoms with E-state index in [2.05, 4.69) is 6.92 Å². The number of hydrogen-bond donors (Lipinski definition) is 1. The van der Waals surface area contributed by atoms with Crippen molar-refractivity contribution in [2.75, 3.05) is 0 Å². The quantitative estimate of drug-likeness (QED) is 0.605. The van der Waals surface area contributed by atoms with E-state index in [9.17, 15) is 0 Å². The fourth-order valence-electron chi connectivity index (χ4n) is 4.36. The third-order valence-corrected chi connectivity index (χ3v) is 4.89. The van der Waals surface area contributed by atoms with Crippen molar-refractivity contribution in [1.82, 2.24) is 0 Å². The Morgan fingerprint density at radius 1 is 1.08 bits per heavy atom. The number of hydrogen-bond acceptors (Lipinski definition) is 1. The molecular weight excluding hydrogens is 162 g/mol. The van der Waals surface area contributed by atoms with Crippen molar-refractivity contribution >= 4 is 0 Å². The minimum Gasteiger partial charge on any atom is -0.412 e. The summed E-state index contributed by atoms with van der Waals surface area (Å²) in [5.74, 6) is 3.80. The molecule has 0 aromatic heterocycles. The van der Waals surface area contributed by atoms with Crippen LogP contribution < -0.4 is 5.73 Å². The Morgan fingerprint density at radius 3 is 2.08 bits per heavy atom. The van der Waals surface area contributed by atoms with Crippen LogP contribution in [-0.2, 0) is 0 Å². The first-order valence-electron chi connectivity index (χ1n) is 5.46. The number of nitrogens with two attached hydrogens (primary N) is 1. The predicted molar refractivity (Wildman–Crippen MR) is 53.3 cm³/mol. The van der Waals surface area contributed by atoms with Crippen molar-refractivity contribution in [2.45, 2.75) is 44.6 Å². The van der Waals surface area contributed by atoms with E-state index < -0.39 is 0 Å². The summed E-state index contributed by atoms with van der Waals surface area (Å²) in [6, 6.07) is 0. The normalized spacial score (nSPS) is 57.7. The molecule has 4 bridgehead atoms. The van der Waals surface area contributed by atoms with Gasteiger partial charge in [-0.3, -0.25) is 0 Å². The first-order valence-corrected chi connectivity index (χ1v) is 5.46. The highest BCUT2D eigenvalue weighted by molar-refractivity contribution is 5.07. The van der Waals surface area contributed by atoms with Crippen molar-refractivity contribution in [3.8, 4) is 0 Å². The fourth-order valence-corrected chi connectivity index (χ4v) is 4.36. The molecule has 4 N–H and O–H groups in total. The van der Waals surface area contributed by atoms with E-state index in [1.807, 2.05) is 0 Å². The largest absolute Gasteiger partial charge is 0.412 e. The van der Waals surface area contributed by atoms with E-state index in [0.29, 0.717) is 0 Å². The van der Waals surface area contributed by atoms with Crippen molar-refractivity contribution in [2.24, 2.45) is 29.4 Å². The van der Waals surface area contributed by atoms with Gasteiger partial charge in [-0.2, -0.15) is 0 Å². The zero-order valence-corrected chi connectivity index (χ0v) is 8.42. The Balaban J connectivity index is 0.000000653. The van der Waals surface area contributed by atoms with Crippen molar-refractivity contribution < 1.29 is 5.48 Å². The SMILES string of the molecule is CC1C2CC3CC(C2)CC1(N)C3.O. The highest BCUT2D eigenvalue weighted by atomic mass is 16.0. The Labute approximate surface area is 80.2 Å². The molecule has 0 amide bonds. The maximum atomic E-state index is 6.46. The molecule has 0 spiro atoms. The van der Waals surface area contributed by atoms with Crippen LogP contribution in [0.2, 0.25) is 0 Å². The van der Waals surface area contributed by atoms with Crippen LogP contribution in [0.5, 0.6) is 0 Å². The second kappa shape index (κ2) is 2.71. The molecule has 2 heteroatoms. The zero-order valence-electron chi connectivity index (χ0n) is 8.42. The zero-order chi connectivity index (χ0) is 8.34. The third kappa shape index (κ3) is 1.15. The second-order valence-electron chi connectivity index (χ2n) is 5.63. The average Bonchev–Trinajstić information content (AvgIpc) is 1.98. The van der Waals surface area contributed by atoms with Gasteiger partial charge >= 0.3 is 0 Å². The summed E-state index contributed by atoms with van der Waals surface area (Å²) in [4.78, 5) is 0. The summed E-state index contributed by atoms with van der Waals surface area (Å²) in [6.45, 7) is 2.39. The Morgan fingerprint density at radius 2 is 1.62 bits per heavy atom. The summed E-state index contributed by atoms with van der Waals surface area (Å²) in [7, 11) is 0. The molecule has 0 aliphatic heterocycles. The molecule has 4 aliphatic carbocycles. The van der Waals surface area contributed by atoms with E-state index >= 15 is 0 Å². The van der Waals surface area contributed by atoms with E-state index in [4.69, 9.17) is 5.73 Å². The van der Waals surface area contributed by atoms with Gasteiger partial charge in [-0.15, -0.1) is 0 Å². The first-order chi connectivity index (χ1) is 5.67. The van der Waals surface area contributed by atoms with Crippen LogP contribution in [0, 0.1) is 23.7 Å². The van der Waals surface area contributed by atoms with Crippen LogP contribution in [0.3, 0.4) is 0 Å². The summed E-state index contributed by atoms with van der Waals surface area (Å²) in [5, 5.41) is 0. The topological polar surface area (TPSA) is 57.5 Å². The summed E-state index contributed by atoms with van der Waals surface area (Å²) >= 11 is 0. The molecule has 0 saturated heterocycles. The smallest absolute Gasteiger partial charge is 0.0188 e. The molecule has 0 aromatic carbocycles. The van der Waals surface area contributed by atoms with Crippen molar-refractivity contribution in [3.63, 3.8) is 0 Å². The van der Waals surface area contributed by atoms with E-state index in [0.717, 1.165) is 23.7 Å². The van der Waals surface area contributed by atoms with Gasteiger partial charge in [0, 0.05) is 5.54 Å². The minimum absolute atomic E-state index is 0. The fraction of sp³-hybridized carbons (Fsp3) is 1.00. The highest BCUT2D eigenvalue weighted by Crippen LogP contribution is 2.57. The highest BCUT2D eigenvalue weighted by Gasteiger charge is 2.53. The lowest BCUT2D eigenvalue weighted by atomic mass is 9.49. The van der Waals surface area contributed by atoms with Gasteiger partial charge in [-0.1, -0.05) is 6.92 Å². The Kier molecular flexibility index (Phi) is 1.97. The summed E-state index contributed by atoms with van der Waals surface area (Å²) in [5.41, 5.74) is 6.72. The van der Waals surface area contributed by atoms with Crippen molar-refractivity contribution in [1.29, 1.82) is 0 Å². The van der Waals surface area contributed by atoms with E-state index in [1.165, 1.54) is 32.1 Å². The van der Waals surface area contributed by atoms with Gasteiger partial charge in [-0.25, -0.2) is 0 Å². The molecule has 4 rings (SSSR count). The lowest BCUT2D eigenvalue weighted by Gasteiger charge is -2.59. The van der Waals surface area contributed by atoms with E-state index in [-0.39, 0.29) is 11.0 Å². The van der Waals surface area contributed by atoms with Crippen molar-refractivity contribution in [3.05, 3.63) is 0 Å². The van der Waals surface area contributed by atoms with E-state index in [1.54, 1.807) is 0 Å². The van der Waals surface area contributed by atoms with Crippen LogP contribution in [-0.4, -0.2) is 11.0 Å². The molecular formula is C11H21NO. The van der Waals surface area contributed by atoms with Gasteiger partial charge in [0.25, 0.3) is 0 Å². The molecule has 4 fully saturated rings. The lowest BCUT2D eigenvalue weighted by molar-refractivity contribution is -0.0474. The average molecular weight is 183 g/mol. The lowest BCUT2D eigenvalue weighted by Crippen LogP contribution is -2.61. The summed E-state index contributed by atoms with van der Waals surface area (Å²) < 4.78 is 0. The van der Waals surface area contributed by atoms with Gasteiger partial charge in [0.1, 0.15) is 0 Å². The monoisotopic (exact) mass is 183 g/mol. The molecule has 3 atom stereocenters. The number of rotatable bonds is 0. The molecule has 4 aliphatic rings. The maximum Gasteiger partial charge on any atom is 0.0188 e. The van der Waals surface area contributed by atoms with Crippen LogP contribution >= 0.6 is 0 Å². The third-order valence-electron chi connectivity index (χ3n) is 4.89. The molecule has 0 radical (unpaired) electrons. The van der Waals surface area contributed by atoms with Crippen LogP contribution in [0.15, 0.2) is 0 Å². The van der Waals surface area contributed by atoms with Crippen LogP contribution in [0.4, 0.5) is 0 Å². The van der Waals surface area contributed by atoms with Gasteiger partial charge < -0.3 is 11.2 Å².